The van der Waals surface area contributed by atoms with E-state index in [0.29, 0.717) is 30.1 Å². The van der Waals surface area contributed by atoms with Crippen molar-refractivity contribution < 1.29 is 27.8 Å². The van der Waals surface area contributed by atoms with E-state index in [9.17, 15) is 13.6 Å². The molecule has 5 nitrogen and oxygen atoms in total. The highest BCUT2D eigenvalue weighted by atomic mass is 19.3. The highest BCUT2D eigenvalue weighted by molar-refractivity contribution is 5.78. The van der Waals surface area contributed by atoms with E-state index in [1.165, 1.54) is 6.07 Å². The van der Waals surface area contributed by atoms with Crippen LogP contribution >= 0.6 is 0 Å². The van der Waals surface area contributed by atoms with Gasteiger partial charge in [0.2, 0.25) is 0 Å². The van der Waals surface area contributed by atoms with Crippen molar-refractivity contribution in [3.63, 3.8) is 0 Å². The first-order valence-corrected chi connectivity index (χ1v) is 8.72. The van der Waals surface area contributed by atoms with Crippen molar-refractivity contribution in [1.29, 1.82) is 0 Å². The molecular weight excluding hydrogens is 356 g/mol. The number of para-hydroxylation sites is 3. The number of nitrogens with one attached hydrogen (secondary N) is 1. The van der Waals surface area contributed by atoms with Gasteiger partial charge in [0.15, 0.2) is 18.1 Å². The first-order chi connectivity index (χ1) is 13.0. The summed E-state index contributed by atoms with van der Waals surface area (Å²) in [5.41, 5.74) is 0.489. The fourth-order valence-electron chi connectivity index (χ4n) is 2.59. The van der Waals surface area contributed by atoms with Crippen LogP contribution in [0.4, 0.5) is 8.78 Å². The van der Waals surface area contributed by atoms with Gasteiger partial charge in [0.25, 0.3) is 5.91 Å². The topological polar surface area (TPSA) is 56.8 Å². The summed E-state index contributed by atoms with van der Waals surface area (Å²) in [5.74, 6) is 0.682. The Morgan fingerprint density at radius 1 is 0.963 bits per heavy atom. The maximum absolute atomic E-state index is 12.6. The van der Waals surface area contributed by atoms with E-state index in [1.54, 1.807) is 36.4 Å². The number of rotatable bonds is 10. The fraction of sp³-hybridized carbons (Fsp3) is 0.350. The molecule has 0 aliphatic heterocycles. The Hall–Kier alpha value is -2.83. The van der Waals surface area contributed by atoms with Gasteiger partial charge in [-0.25, -0.2) is 0 Å². The Morgan fingerprint density at radius 2 is 1.56 bits per heavy atom. The minimum Gasteiger partial charge on any atom is -0.490 e. The Labute approximate surface area is 157 Å². The van der Waals surface area contributed by atoms with E-state index in [1.807, 2.05) is 19.9 Å². The summed E-state index contributed by atoms with van der Waals surface area (Å²) < 4.78 is 40.7. The fourth-order valence-corrected chi connectivity index (χ4v) is 2.59. The lowest BCUT2D eigenvalue weighted by Gasteiger charge is -2.20. The number of amides is 1. The number of hydrogen-bond acceptors (Lipinski definition) is 4. The third-order valence-electron chi connectivity index (χ3n) is 3.76. The molecule has 7 heteroatoms. The molecule has 2 aromatic carbocycles. The van der Waals surface area contributed by atoms with Crippen molar-refractivity contribution in [1.82, 2.24) is 5.32 Å². The predicted molar refractivity (Wildman–Crippen MR) is 97.4 cm³/mol. The average molecular weight is 379 g/mol. The van der Waals surface area contributed by atoms with Crippen LogP contribution in [0.15, 0.2) is 48.5 Å². The van der Waals surface area contributed by atoms with Gasteiger partial charge < -0.3 is 19.5 Å². The lowest BCUT2D eigenvalue weighted by atomic mass is 10.0. The Balaban J connectivity index is 2.02. The third-order valence-corrected chi connectivity index (χ3v) is 3.76. The van der Waals surface area contributed by atoms with E-state index in [-0.39, 0.29) is 18.3 Å². The Kier molecular flexibility index (Phi) is 7.85. The van der Waals surface area contributed by atoms with Gasteiger partial charge in [-0.2, -0.15) is 8.78 Å². The molecule has 0 aromatic heterocycles. The van der Waals surface area contributed by atoms with Gasteiger partial charge in [-0.15, -0.1) is 0 Å². The summed E-state index contributed by atoms with van der Waals surface area (Å²) in [7, 11) is 0. The first kappa shape index (κ1) is 20.5. The number of carbonyl (C=O) groups is 1. The van der Waals surface area contributed by atoms with Crippen LogP contribution in [0.2, 0.25) is 0 Å². The third kappa shape index (κ3) is 6.13. The van der Waals surface area contributed by atoms with Crippen LogP contribution < -0.4 is 19.5 Å². The minimum absolute atomic E-state index is 0.0438. The molecule has 0 spiro atoms. The van der Waals surface area contributed by atoms with Crippen molar-refractivity contribution >= 4 is 5.91 Å². The van der Waals surface area contributed by atoms with Crippen LogP contribution in [0.25, 0.3) is 0 Å². The molecule has 2 rings (SSSR count). The molecule has 2 aromatic rings. The van der Waals surface area contributed by atoms with E-state index in [0.717, 1.165) is 0 Å². The van der Waals surface area contributed by atoms with Gasteiger partial charge in [-0.3, -0.25) is 4.79 Å². The van der Waals surface area contributed by atoms with Crippen molar-refractivity contribution in [2.45, 2.75) is 32.9 Å². The van der Waals surface area contributed by atoms with E-state index < -0.39 is 12.7 Å². The number of halogens is 2. The summed E-state index contributed by atoms with van der Waals surface area (Å²) in [5, 5.41) is 2.79. The lowest BCUT2D eigenvalue weighted by molar-refractivity contribution is -0.123. The monoisotopic (exact) mass is 379 g/mol. The van der Waals surface area contributed by atoms with Gasteiger partial charge in [-0.05, 0) is 31.5 Å². The molecule has 1 N–H and O–H groups in total. The Bertz CT molecular complexity index is 739. The van der Waals surface area contributed by atoms with Crippen molar-refractivity contribution in [2.75, 3.05) is 13.2 Å². The highest BCUT2D eigenvalue weighted by Crippen LogP contribution is 2.29. The zero-order valence-electron chi connectivity index (χ0n) is 15.3. The molecule has 0 saturated carbocycles. The lowest BCUT2D eigenvalue weighted by Crippen LogP contribution is -2.32. The maximum Gasteiger partial charge on any atom is 0.387 e. The van der Waals surface area contributed by atoms with Gasteiger partial charge >= 0.3 is 6.61 Å². The largest absolute Gasteiger partial charge is 0.490 e. The number of hydrogen-bond donors (Lipinski definition) is 1. The van der Waals surface area contributed by atoms with Crippen LogP contribution in [-0.4, -0.2) is 25.7 Å². The van der Waals surface area contributed by atoms with Crippen LogP contribution in [0.3, 0.4) is 0 Å². The quantitative estimate of drug-likeness (QED) is 0.667. The Morgan fingerprint density at radius 3 is 2.15 bits per heavy atom. The molecule has 27 heavy (non-hydrogen) atoms. The highest BCUT2D eigenvalue weighted by Gasteiger charge is 2.19. The van der Waals surface area contributed by atoms with Crippen LogP contribution in [0.1, 0.15) is 31.9 Å². The smallest absolute Gasteiger partial charge is 0.387 e. The maximum atomic E-state index is 12.6. The number of ether oxygens (including phenoxy) is 3. The van der Waals surface area contributed by atoms with E-state index in [4.69, 9.17) is 9.47 Å². The molecule has 0 saturated heterocycles. The molecule has 1 amide bonds. The standard InChI is InChI=1S/C20H23F2NO4/c1-3-15(14-9-5-6-10-16(14)27-20(21)22)23-19(24)13-26-18-12-8-7-11-17(18)25-4-2/h5-12,15,20H,3-4,13H2,1-2H3,(H,23,24). The summed E-state index contributed by atoms with van der Waals surface area (Å²) in [4.78, 5) is 12.3. The number of carbonyl (C=O) groups excluding carboxylic acids is 1. The molecule has 146 valence electrons. The summed E-state index contributed by atoms with van der Waals surface area (Å²) >= 11 is 0. The molecule has 0 radical (unpaired) electrons. The zero-order chi connectivity index (χ0) is 19.6. The van der Waals surface area contributed by atoms with Crippen molar-refractivity contribution in [3.05, 3.63) is 54.1 Å². The second-order valence-electron chi connectivity index (χ2n) is 5.61. The minimum atomic E-state index is -2.93. The number of benzene rings is 2. The average Bonchev–Trinajstić information content (AvgIpc) is 2.66. The zero-order valence-corrected chi connectivity index (χ0v) is 15.3. The first-order valence-electron chi connectivity index (χ1n) is 8.72. The summed E-state index contributed by atoms with van der Waals surface area (Å²) in [6.45, 7) is 1.02. The van der Waals surface area contributed by atoms with Crippen molar-refractivity contribution in [3.8, 4) is 17.2 Å². The normalized spacial score (nSPS) is 11.7. The molecule has 0 fully saturated rings. The van der Waals surface area contributed by atoms with Crippen LogP contribution in [-0.2, 0) is 4.79 Å². The SMILES string of the molecule is CCOc1ccccc1OCC(=O)NC(CC)c1ccccc1OC(F)F. The second-order valence-corrected chi connectivity index (χ2v) is 5.61. The van der Waals surface area contributed by atoms with Gasteiger partial charge in [0.1, 0.15) is 5.75 Å². The molecular formula is C20H23F2NO4. The van der Waals surface area contributed by atoms with Crippen molar-refractivity contribution in [2.24, 2.45) is 0 Å². The van der Waals surface area contributed by atoms with Crippen LogP contribution in [0, 0.1) is 0 Å². The molecule has 0 heterocycles. The molecule has 1 unspecified atom stereocenters. The molecule has 1 atom stereocenters. The molecule has 0 bridgehead atoms. The summed E-state index contributed by atoms with van der Waals surface area (Å²) in [6.07, 6.45) is 0.505. The van der Waals surface area contributed by atoms with Crippen LogP contribution in [0.5, 0.6) is 17.2 Å². The van der Waals surface area contributed by atoms with E-state index in [2.05, 4.69) is 10.1 Å². The number of alkyl halides is 2. The van der Waals surface area contributed by atoms with E-state index >= 15 is 0 Å². The van der Waals surface area contributed by atoms with Gasteiger partial charge in [-0.1, -0.05) is 37.3 Å². The van der Waals surface area contributed by atoms with Gasteiger partial charge in [0, 0.05) is 5.56 Å². The predicted octanol–water partition coefficient (Wildman–Crippen LogP) is 4.33. The summed E-state index contributed by atoms with van der Waals surface area (Å²) in [6, 6.07) is 13.0. The van der Waals surface area contributed by atoms with Gasteiger partial charge in [0.05, 0.1) is 12.6 Å². The molecule has 0 aliphatic rings. The second kappa shape index (κ2) is 10.4. The molecule has 0 aliphatic carbocycles.